The van der Waals surface area contributed by atoms with E-state index in [1.165, 1.54) is 0 Å². The Bertz CT molecular complexity index is 626. The molecule has 7 heteroatoms. The van der Waals surface area contributed by atoms with Crippen molar-refractivity contribution in [2.24, 2.45) is 7.05 Å². The lowest BCUT2D eigenvalue weighted by atomic mass is 10.3. The highest BCUT2D eigenvalue weighted by atomic mass is 35.5. The number of aryl methyl sites for hydroxylation is 1. The van der Waals surface area contributed by atoms with E-state index in [1.54, 1.807) is 16.8 Å². The van der Waals surface area contributed by atoms with Gasteiger partial charge in [-0.3, -0.25) is 9.48 Å². The number of carbonyl (C=O) groups is 1. The number of carbonyl (C=O) groups excluding carboxylic acids is 1. The van der Waals surface area contributed by atoms with E-state index >= 15 is 0 Å². The Morgan fingerprint density at radius 1 is 1.38 bits per heavy atom. The molecule has 2 N–H and O–H groups in total. The number of anilines is 1. The zero-order valence-corrected chi connectivity index (χ0v) is 12.8. The van der Waals surface area contributed by atoms with Crippen LogP contribution in [-0.2, 0) is 13.6 Å². The third-order valence-corrected chi connectivity index (χ3v) is 3.12. The predicted octanol–water partition coefficient (Wildman–Crippen LogP) is 2.22. The predicted molar refractivity (Wildman–Crippen MR) is 82.4 cm³/mol. The second-order valence-electron chi connectivity index (χ2n) is 4.62. The summed E-state index contributed by atoms with van der Waals surface area (Å²) >= 11 is 6.04. The monoisotopic (exact) mass is 307 g/mol. The molecule has 0 atom stereocenters. The molecule has 2 rings (SSSR count). The smallest absolute Gasteiger partial charge is 0.271 e. The minimum atomic E-state index is -0.314. The molecule has 0 unspecified atom stereocenters. The molecule has 0 aromatic carbocycles. The van der Waals surface area contributed by atoms with Crippen molar-refractivity contribution in [1.82, 2.24) is 20.1 Å². The number of nitrogens with zero attached hydrogens (tertiary/aromatic N) is 3. The van der Waals surface area contributed by atoms with Crippen molar-refractivity contribution >= 4 is 23.3 Å². The molecule has 6 nitrogen and oxygen atoms in total. The summed E-state index contributed by atoms with van der Waals surface area (Å²) in [7, 11) is 1.83. The lowest BCUT2D eigenvalue weighted by Gasteiger charge is -2.08. The van der Waals surface area contributed by atoms with Crippen LogP contribution in [0.4, 0.5) is 5.82 Å². The van der Waals surface area contributed by atoms with Crippen LogP contribution >= 0.6 is 11.6 Å². The maximum absolute atomic E-state index is 12.2. The van der Waals surface area contributed by atoms with Crippen LogP contribution in [0.5, 0.6) is 0 Å². The van der Waals surface area contributed by atoms with Crippen LogP contribution in [0.15, 0.2) is 24.4 Å². The minimum absolute atomic E-state index is 0.216. The van der Waals surface area contributed by atoms with Crippen molar-refractivity contribution in [1.29, 1.82) is 0 Å². The molecule has 2 aromatic heterocycles. The van der Waals surface area contributed by atoms with E-state index in [-0.39, 0.29) is 11.6 Å². The topological polar surface area (TPSA) is 71.8 Å². The highest BCUT2D eigenvalue weighted by Gasteiger charge is 2.13. The van der Waals surface area contributed by atoms with Gasteiger partial charge in [0.05, 0.1) is 17.3 Å². The zero-order valence-electron chi connectivity index (χ0n) is 12.1. The lowest BCUT2D eigenvalue weighted by molar-refractivity contribution is 0.0945. The van der Waals surface area contributed by atoms with Crippen molar-refractivity contribution < 1.29 is 4.79 Å². The van der Waals surface area contributed by atoms with E-state index < -0.39 is 0 Å². The summed E-state index contributed by atoms with van der Waals surface area (Å²) in [6, 6.07) is 5.27. The van der Waals surface area contributed by atoms with Gasteiger partial charge in [0.1, 0.15) is 11.5 Å². The summed E-state index contributed by atoms with van der Waals surface area (Å²) in [6.45, 7) is 3.19. The Hall–Kier alpha value is -2.08. The SMILES string of the molecule is CCCNc1ccc(Cl)c(C(=O)NCc2ccn(C)n2)n1. The van der Waals surface area contributed by atoms with E-state index in [0.717, 1.165) is 18.7 Å². The van der Waals surface area contributed by atoms with Gasteiger partial charge in [-0.2, -0.15) is 5.10 Å². The molecule has 21 heavy (non-hydrogen) atoms. The second kappa shape index (κ2) is 7.08. The minimum Gasteiger partial charge on any atom is -0.370 e. The Morgan fingerprint density at radius 3 is 2.86 bits per heavy atom. The molecule has 0 saturated heterocycles. The van der Waals surface area contributed by atoms with Gasteiger partial charge < -0.3 is 10.6 Å². The van der Waals surface area contributed by atoms with E-state index in [9.17, 15) is 4.79 Å². The molecular weight excluding hydrogens is 290 g/mol. The summed E-state index contributed by atoms with van der Waals surface area (Å²) < 4.78 is 1.68. The number of nitrogens with one attached hydrogen (secondary N) is 2. The largest absolute Gasteiger partial charge is 0.370 e. The van der Waals surface area contributed by atoms with Crippen LogP contribution in [0, 0.1) is 0 Å². The first-order valence-corrected chi connectivity index (χ1v) is 7.15. The van der Waals surface area contributed by atoms with Gasteiger partial charge in [0.25, 0.3) is 5.91 Å². The van der Waals surface area contributed by atoms with E-state index in [1.807, 2.05) is 19.3 Å². The van der Waals surface area contributed by atoms with Gasteiger partial charge in [-0.25, -0.2) is 4.98 Å². The summed E-state index contributed by atoms with van der Waals surface area (Å²) in [5, 5.41) is 10.4. The van der Waals surface area contributed by atoms with Crippen LogP contribution in [0.2, 0.25) is 5.02 Å². The van der Waals surface area contributed by atoms with Gasteiger partial charge >= 0.3 is 0 Å². The van der Waals surface area contributed by atoms with Crippen LogP contribution in [0.25, 0.3) is 0 Å². The fraction of sp³-hybridized carbons (Fsp3) is 0.357. The van der Waals surface area contributed by atoms with E-state index in [2.05, 4.69) is 27.6 Å². The second-order valence-corrected chi connectivity index (χ2v) is 5.02. The van der Waals surface area contributed by atoms with Gasteiger partial charge in [-0.05, 0) is 24.6 Å². The molecule has 0 fully saturated rings. The van der Waals surface area contributed by atoms with Crippen LogP contribution < -0.4 is 10.6 Å². The standard InChI is InChI=1S/C14H18ClN5O/c1-3-7-16-12-5-4-11(15)13(18-12)14(21)17-9-10-6-8-20(2)19-10/h4-6,8H,3,7,9H2,1-2H3,(H,16,18)(H,17,21). The maximum atomic E-state index is 12.2. The van der Waals surface area contributed by atoms with Gasteiger partial charge in [-0.15, -0.1) is 0 Å². The molecule has 0 bridgehead atoms. The van der Waals surface area contributed by atoms with Crippen molar-refractivity contribution in [3.8, 4) is 0 Å². The fourth-order valence-electron chi connectivity index (χ4n) is 1.76. The molecule has 0 aliphatic heterocycles. The molecular formula is C14H18ClN5O. The molecule has 1 amide bonds. The fourth-order valence-corrected chi connectivity index (χ4v) is 1.96. The summed E-state index contributed by atoms with van der Waals surface area (Å²) in [6.07, 6.45) is 2.80. The maximum Gasteiger partial charge on any atom is 0.271 e. The van der Waals surface area contributed by atoms with E-state index in [0.29, 0.717) is 17.4 Å². The first kappa shape index (κ1) is 15.3. The molecule has 2 aromatic rings. The first-order valence-electron chi connectivity index (χ1n) is 6.77. The zero-order chi connectivity index (χ0) is 15.2. The molecule has 0 saturated carbocycles. The third-order valence-electron chi connectivity index (χ3n) is 2.82. The Morgan fingerprint density at radius 2 is 2.19 bits per heavy atom. The van der Waals surface area contributed by atoms with Crippen LogP contribution in [-0.4, -0.2) is 27.2 Å². The molecule has 0 aliphatic carbocycles. The quantitative estimate of drug-likeness (QED) is 0.858. The van der Waals surface area contributed by atoms with Crippen LogP contribution in [0.1, 0.15) is 29.5 Å². The normalized spacial score (nSPS) is 10.4. The molecule has 0 radical (unpaired) electrons. The van der Waals surface area contributed by atoms with Crippen LogP contribution in [0.3, 0.4) is 0 Å². The van der Waals surface area contributed by atoms with Crippen molar-refractivity contribution in [2.45, 2.75) is 19.9 Å². The number of amides is 1. The van der Waals surface area contributed by atoms with Gasteiger partial charge in [0, 0.05) is 19.8 Å². The third kappa shape index (κ3) is 4.19. The van der Waals surface area contributed by atoms with Gasteiger partial charge in [0.15, 0.2) is 0 Å². The summed E-state index contributed by atoms with van der Waals surface area (Å²) in [4.78, 5) is 16.4. The number of pyridine rings is 1. The number of hydrogen-bond donors (Lipinski definition) is 2. The highest BCUT2D eigenvalue weighted by molar-refractivity contribution is 6.33. The van der Waals surface area contributed by atoms with E-state index in [4.69, 9.17) is 11.6 Å². The van der Waals surface area contributed by atoms with Gasteiger partial charge in [-0.1, -0.05) is 18.5 Å². The highest BCUT2D eigenvalue weighted by Crippen LogP contribution is 2.16. The Balaban J connectivity index is 2.03. The molecule has 2 heterocycles. The molecule has 0 aliphatic rings. The number of aromatic nitrogens is 3. The number of halogens is 1. The van der Waals surface area contributed by atoms with Crippen molar-refractivity contribution in [3.05, 3.63) is 40.8 Å². The average molecular weight is 308 g/mol. The number of hydrogen-bond acceptors (Lipinski definition) is 4. The summed E-state index contributed by atoms with van der Waals surface area (Å²) in [5.41, 5.74) is 0.996. The Labute approximate surface area is 128 Å². The first-order chi connectivity index (χ1) is 10.1. The molecule has 0 spiro atoms. The summed E-state index contributed by atoms with van der Waals surface area (Å²) in [5.74, 6) is 0.329. The number of rotatable bonds is 6. The van der Waals surface area contributed by atoms with Crippen molar-refractivity contribution in [3.63, 3.8) is 0 Å². The molecule has 112 valence electrons. The van der Waals surface area contributed by atoms with Gasteiger partial charge in [0.2, 0.25) is 0 Å². The average Bonchev–Trinajstić information content (AvgIpc) is 2.89. The van der Waals surface area contributed by atoms with Crippen molar-refractivity contribution in [2.75, 3.05) is 11.9 Å². The lowest BCUT2D eigenvalue weighted by Crippen LogP contribution is -2.24. The Kier molecular flexibility index (Phi) is 5.16.